The summed E-state index contributed by atoms with van der Waals surface area (Å²) >= 11 is 0. The van der Waals surface area contributed by atoms with Gasteiger partial charge in [-0.2, -0.15) is 0 Å². The quantitative estimate of drug-likeness (QED) is 0.815. The lowest BCUT2D eigenvalue weighted by Crippen LogP contribution is -2.44. The molecule has 24 heavy (non-hydrogen) atoms. The summed E-state index contributed by atoms with van der Waals surface area (Å²) in [6.07, 6.45) is 1.46. The van der Waals surface area contributed by atoms with Crippen LogP contribution in [0.3, 0.4) is 0 Å². The van der Waals surface area contributed by atoms with Crippen molar-refractivity contribution in [2.24, 2.45) is 5.92 Å². The number of carboxylic acid groups (broad SMARTS) is 1. The fourth-order valence-corrected chi connectivity index (χ4v) is 2.10. The van der Waals surface area contributed by atoms with Crippen LogP contribution in [0.25, 0.3) is 0 Å². The third kappa shape index (κ3) is 4.81. The van der Waals surface area contributed by atoms with Crippen molar-refractivity contribution in [1.82, 2.24) is 10.3 Å². The lowest BCUT2D eigenvalue weighted by atomic mass is 10.0. The van der Waals surface area contributed by atoms with E-state index in [0.29, 0.717) is 18.1 Å². The number of hydrogen-bond donors (Lipinski definition) is 2. The zero-order valence-corrected chi connectivity index (χ0v) is 13.6. The topological polar surface area (TPSA) is 88.5 Å². The molecule has 6 heteroatoms. The summed E-state index contributed by atoms with van der Waals surface area (Å²) < 4.78 is 5.58. The molecule has 1 heterocycles. The van der Waals surface area contributed by atoms with E-state index in [4.69, 9.17) is 9.84 Å². The minimum atomic E-state index is -1.06. The summed E-state index contributed by atoms with van der Waals surface area (Å²) in [6.45, 7) is 3.81. The smallest absolute Gasteiger partial charge is 0.326 e. The highest BCUT2D eigenvalue weighted by molar-refractivity contribution is 5.96. The second-order valence-corrected chi connectivity index (χ2v) is 5.69. The fourth-order valence-electron chi connectivity index (χ4n) is 2.10. The van der Waals surface area contributed by atoms with Gasteiger partial charge in [0.25, 0.3) is 5.91 Å². The molecule has 0 aliphatic carbocycles. The van der Waals surface area contributed by atoms with Gasteiger partial charge in [-0.15, -0.1) is 0 Å². The first-order chi connectivity index (χ1) is 11.5. The largest absolute Gasteiger partial charge is 0.480 e. The minimum Gasteiger partial charge on any atom is -0.480 e. The molecular formula is C18H20N2O4. The SMILES string of the molecule is CC(C)C(NC(=O)c1ccnc(OCc2ccccc2)c1)C(=O)O. The van der Waals surface area contributed by atoms with Crippen LogP contribution in [0.2, 0.25) is 0 Å². The van der Waals surface area contributed by atoms with Crippen molar-refractivity contribution in [2.75, 3.05) is 0 Å². The van der Waals surface area contributed by atoms with E-state index in [1.54, 1.807) is 13.8 Å². The van der Waals surface area contributed by atoms with Crippen LogP contribution in [-0.4, -0.2) is 28.0 Å². The maximum absolute atomic E-state index is 12.2. The highest BCUT2D eigenvalue weighted by Gasteiger charge is 2.24. The first-order valence-corrected chi connectivity index (χ1v) is 7.64. The summed E-state index contributed by atoms with van der Waals surface area (Å²) in [4.78, 5) is 27.5. The molecule has 1 amide bonds. The third-order valence-electron chi connectivity index (χ3n) is 3.45. The van der Waals surface area contributed by atoms with Crippen molar-refractivity contribution in [3.8, 4) is 5.88 Å². The van der Waals surface area contributed by atoms with Gasteiger partial charge in [0, 0.05) is 17.8 Å². The van der Waals surface area contributed by atoms with Crippen molar-refractivity contribution in [1.29, 1.82) is 0 Å². The number of amides is 1. The van der Waals surface area contributed by atoms with Crippen molar-refractivity contribution in [3.63, 3.8) is 0 Å². The fraction of sp³-hybridized carbons (Fsp3) is 0.278. The van der Waals surface area contributed by atoms with Crippen molar-refractivity contribution in [2.45, 2.75) is 26.5 Å². The molecule has 1 aromatic heterocycles. The standard InChI is InChI=1S/C18H20N2O4/c1-12(2)16(18(22)23)20-17(21)14-8-9-19-15(10-14)24-11-13-6-4-3-5-7-13/h3-10,12,16H,11H2,1-2H3,(H,20,21)(H,22,23). The number of nitrogens with one attached hydrogen (secondary N) is 1. The summed E-state index contributed by atoms with van der Waals surface area (Å²) in [7, 11) is 0. The molecule has 126 valence electrons. The van der Waals surface area contributed by atoms with Crippen LogP contribution < -0.4 is 10.1 Å². The van der Waals surface area contributed by atoms with Crippen molar-refractivity contribution in [3.05, 3.63) is 59.8 Å². The molecule has 6 nitrogen and oxygen atoms in total. The molecule has 1 atom stereocenters. The Kier molecular flexibility index (Phi) is 5.89. The number of carbonyl (C=O) groups is 2. The van der Waals surface area contributed by atoms with Gasteiger partial charge in [-0.1, -0.05) is 44.2 Å². The Morgan fingerprint density at radius 3 is 2.54 bits per heavy atom. The van der Waals surface area contributed by atoms with Crippen LogP contribution in [0.15, 0.2) is 48.7 Å². The predicted molar refractivity (Wildman–Crippen MR) is 88.7 cm³/mol. The van der Waals surface area contributed by atoms with Gasteiger partial charge in [-0.25, -0.2) is 9.78 Å². The van der Waals surface area contributed by atoms with E-state index in [-0.39, 0.29) is 5.92 Å². The third-order valence-corrected chi connectivity index (χ3v) is 3.45. The Labute approximate surface area is 140 Å². The molecule has 0 fully saturated rings. The molecule has 0 radical (unpaired) electrons. The molecule has 0 saturated carbocycles. The van der Waals surface area contributed by atoms with Gasteiger partial charge in [0.2, 0.25) is 5.88 Å². The Morgan fingerprint density at radius 2 is 1.92 bits per heavy atom. The number of aromatic nitrogens is 1. The number of pyridine rings is 1. The van der Waals surface area contributed by atoms with Gasteiger partial charge < -0.3 is 15.2 Å². The van der Waals surface area contributed by atoms with Crippen LogP contribution in [0.5, 0.6) is 5.88 Å². The number of carboxylic acids is 1. The summed E-state index contributed by atoms with van der Waals surface area (Å²) in [5.74, 6) is -1.44. The van der Waals surface area contributed by atoms with Crippen LogP contribution in [-0.2, 0) is 11.4 Å². The summed E-state index contributed by atoms with van der Waals surface area (Å²) in [5, 5.41) is 11.7. The predicted octanol–water partition coefficient (Wildman–Crippen LogP) is 2.50. The second kappa shape index (κ2) is 8.10. The summed E-state index contributed by atoms with van der Waals surface area (Å²) in [6, 6.07) is 11.7. The average Bonchev–Trinajstić information content (AvgIpc) is 2.58. The summed E-state index contributed by atoms with van der Waals surface area (Å²) in [5.41, 5.74) is 1.29. The second-order valence-electron chi connectivity index (χ2n) is 5.69. The van der Waals surface area contributed by atoms with Crippen LogP contribution >= 0.6 is 0 Å². The molecule has 2 N–H and O–H groups in total. The van der Waals surface area contributed by atoms with E-state index in [1.807, 2.05) is 30.3 Å². The first-order valence-electron chi connectivity index (χ1n) is 7.64. The van der Waals surface area contributed by atoms with Crippen LogP contribution in [0.1, 0.15) is 29.8 Å². The highest BCUT2D eigenvalue weighted by atomic mass is 16.5. The number of benzene rings is 1. The average molecular weight is 328 g/mol. The molecule has 0 aliphatic rings. The highest BCUT2D eigenvalue weighted by Crippen LogP contribution is 2.13. The monoisotopic (exact) mass is 328 g/mol. The van der Waals surface area contributed by atoms with Gasteiger partial charge in [-0.3, -0.25) is 4.79 Å². The maximum Gasteiger partial charge on any atom is 0.326 e. The molecular weight excluding hydrogens is 308 g/mol. The number of rotatable bonds is 7. The number of nitrogens with zero attached hydrogens (tertiary/aromatic N) is 1. The zero-order chi connectivity index (χ0) is 17.5. The van der Waals surface area contributed by atoms with E-state index in [9.17, 15) is 9.59 Å². The molecule has 0 aliphatic heterocycles. The van der Waals surface area contributed by atoms with Crippen molar-refractivity contribution >= 4 is 11.9 Å². The van der Waals surface area contributed by atoms with Crippen LogP contribution in [0.4, 0.5) is 0 Å². The maximum atomic E-state index is 12.2. The van der Waals surface area contributed by atoms with Gasteiger partial charge >= 0.3 is 5.97 Å². The number of carbonyl (C=O) groups excluding carboxylic acids is 1. The van der Waals surface area contributed by atoms with E-state index >= 15 is 0 Å². The van der Waals surface area contributed by atoms with Gasteiger partial charge in [0.05, 0.1) is 0 Å². The van der Waals surface area contributed by atoms with Crippen molar-refractivity contribution < 1.29 is 19.4 Å². The number of ether oxygens (including phenoxy) is 1. The Morgan fingerprint density at radius 1 is 1.21 bits per heavy atom. The van der Waals surface area contributed by atoms with Crippen LogP contribution in [0, 0.1) is 5.92 Å². The molecule has 0 bridgehead atoms. The normalized spacial score (nSPS) is 11.8. The van der Waals surface area contributed by atoms with Gasteiger partial charge in [0.15, 0.2) is 0 Å². The van der Waals surface area contributed by atoms with E-state index in [1.165, 1.54) is 18.3 Å². The first kappa shape index (κ1) is 17.5. The zero-order valence-electron chi connectivity index (χ0n) is 13.6. The lowest BCUT2D eigenvalue weighted by molar-refractivity contribution is -0.140. The molecule has 2 aromatic rings. The number of aliphatic carboxylic acids is 1. The Hall–Kier alpha value is -2.89. The van der Waals surface area contributed by atoms with Gasteiger partial charge in [0.1, 0.15) is 12.6 Å². The lowest BCUT2D eigenvalue weighted by Gasteiger charge is -2.18. The van der Waals surface area contributed by atoms with E-state index in [2.05, 4.69) is 10.3 Å². The molecule has 0 spiro atoms. The van der Waals surface area contributed by atoms with E-state index < -0.39 is 17.9 Å². The molecule has 0 saturated heterocycles. The molecule has 2 rings (SSSR count). The number of hydrogen-bond acceptors (Lipinski definition) is 4. The molecule has 1 aromatic carbocycles. The van der Waals surface area contributed by atoms with Gasteiger partial charge in [-0.05, 0) is 17.5 Å². The Balaban J connectivity index is 2.03. The minimum absolute atomic E-state index is 0.220. The van der Waals surface area contributed by atoms with E-state index in [0.717, 1.165) is 5.56 Å². The Bertz CT molecular complexity index is 701. The molecule has 1 unspecified atom stereocenters.